The van der Waals surface area contributed by atoms with Gasteiger partial charge in [-0.15, -0.1) is 0 Å². The van der Waals surface area contributed by atoms with E-state index in [1.54, 1.807) is 31.5 Å². The van der Waals surface area contributed by atoms with Crippen LogP contribution in [0.3, 0.4) is 0 Å². The minimum Gasteiger partial charge on any atom is -0.294 e. The smallest absolute Gasteiger partial charge is 0.170 e. The summed E-state index contributed by atoms with van der Waals surface area (Å²) in [4.78, 5) is 16.1. The number of hydrogen-bond donors (Lipinski definition) is 0. The number of halogens is 2. The second-order valence-corrected chi connectivity index (χ2v) is 4.40. The Morgan fingerprint density at radius 3 is 2.56 bits per heavy atom. The first-order valence-electron chi connectivity index (χ1n) is 5.49. The summed E-state index contributed by atoms with van der Waals surface area (Å²) in [6.07, 6.45) is 3.25. The molecule has 0 saturated carbocycles. The lowest BCUT2D eigenvalue weighted by molar-refractivity contribution is 0.0965. The Balaban J connectivity index is 2.29. The zero-order valence-electron chi connectivity index (χ0n) is 9.73. The van der Waals surface area contributed by atoms with Crippen molar-refractivity contribution < 1.29 is 9.18 Å². The minimum absolute atomic E-state index is 0.0168. The first-order chi connectivity index (χ1) is 8.59. The van der Waals surface area contributed by atoms with Crippen LogP contribution < -0.4 is 0 Å². The quantitative estimate of drug-likeness (QED) is 0.787. The second kappa shape index (κ2) is 5.27. The van der Waals surface area contributed by atoms with Crippen LogP contribution in [0.1, 0.15) is 28.8 Å². The SMILES string of the molecule is CC(C(=O)c1ccc(Cl)c(F)c1)c1ccncc1. The van der Waals surface area contributed by atoms with E-state index >= 15 is 0 Å². The summed E-state index contributed by atoms with van der Waals surface area (Å²) < 4.78 is 13.3. The zero-order chi connectivity index (χ0) is 13.1. The van der Waals surface area contributed by atoms with Gasteiger partial charge in [-0.25, -0.2) is 4.39 Å². The van der Waals surface area contributed by atoms with Crippen LogP contribution in [-0.4, -0.2) is 10.8 Å². The molecule has 92 valence electrons. The first kappa shape index (κ1) is 12.7. The molecule has 2 rings (SSSR count). The van der Waals surface area contributed by atoms with E-state index in [9.17, 15) is 9.18 Å². The normalized spacial score (nSPS) is 12.2. The molecule has 0 aliphatic rings. The molecule has 4 heteroatoms. The molecule has 1 heterocycles. The van der Waals surface area contributed by atoms with E-state index in [0.29, 0.717) is 5.56 Å². The van der Waals surface area contributed by atoms with E-state index < -0.39 is 5.82 Å². The number of benzene rings is 1. The number of carbonyl (C=O) groups excluding carboxylic acids is 1. The largest absolute Gasteiger partial charge is 0.294 e. The molecule has 0 radical (unpaired) electrons. The lowest BCUT2D eigenvalue weighted by Gasteiger charge is -2.10. The molecule has 1 aromatic carbocycles. The number of Topliss-reactive ketones (excluding diaryl/α,β-unsaturated/α-hetero) is 1. The Labute approximate surface area is 109 Å². The van der Waals surface area contributed by atoms with Gasteiger partial charge in [0.05, 0.1) is 5.02 Å². The molecule has 18 heavy (non-hydrogen) atoms. The maximum absolute atomic E-state index is 13.3. The molecule has 0 spiro atoms. The van der Waals surface area contributed by atoms with Gasteiger partial charge in [-0.3, -0.25) is 9.78 Å². The van der Waals surface area contributed by atoms with Crippen LogP contribution in [-0.2, 0) is 0 Å². The Bertz CT molecular complexity index is 571. The minimum atomic E-state index is -0.579. The molecule has 0 fully saturated rings. The van der Waals surface area contributed by atoms with Crippen LogP contribution >= 0.6 is 11.6 Å². The van der Waals surface area contributed by atoms with Crippen LogP contribution in [0.15, 0.2) is 42.7 Å². The molecular formula is C14H11ClFNO. The fraction of sp³-hybridized carbons (Fsp3) is 0.143. The van der Waals surface area contributed by atoms with Crippen molar-refractivity contribution in [1.82, 2.24) is 4.98 Å². The Kier molecular flexibility index (Phi) is 3.72. The Morgan fingerprint density at radius 1 is 1.28 bits per heavy atom. The molecule has 1 unspecified atom stereocenters. The summed E-state index contributed by atoms with van der Waals surface area (Å²) in [6, 6.07) is 7.64. The Morgan fingerprint density at radius 2 is 1.94 bits per heavy atom. The fourth-order valence-electron chi connectivity index (χ4n) is 1.70. The number of carbonyl (C=O) groups is 1. The van der Waals surface area contributed by atoms with Crippen molar-refractivity contribution in [2.75, 3.05) is 0 Å². The number of aromatic nitrogens is 1. The predicted molar refractivity (Wildman–Crippen MR) is 68.4 cm³/mol. The van der Waals surface area contributed by atoms with Crippen molar-refractivity contribution in [1.29, 1.82) is 0 Å². The third-order valence-corrected chi connectivity index (χ3v) is 3.11. The van der Waals surface area contributed by atoms with Crippen LogP contribution in [0.25, 0.3) is 0 Å². The molecule has 0 amide bonds. The number of nitrogens with zero attached hydrogens (tertiary/aromatic N) is 1. The number of hydrogen-bond acceptors (Lipinski definition) is 2. The number of pyridine rings is 1. The van der Waals surface area contributed by atoms with Gasteiger partial charge in [0.2, 0.25) is 0 Å². The van der Waals surface area contributed by atoms with E-state index in [-0.39, 0.29) is 16.7 Å². The molecule has 1 atom stereocenters. The van der Waals surface area contributed by atoms with Crippen LogP contribution in [0.2, 0.25) is 5.02 Å². The molecule has 0 aliphatic carbocycles. The molecule has 0 N–H and O–H groups in total. The van der Waals surface area contributed by atoms with Gasteiger partial charge >= 0.3 is 0 Å². The highest BCUT2D eigenvalue weighted by Gasteiger charge is 2.18. The van der Waals surface area contributed by atoms with Crippen molar-refractivity contribution >= 4 is 17.4 Å². The zero-order valence-corrected chi connectivity index (χ0v) is 10.5. The van der Waals surface area contributed by atoms with E-state index in [2.05, 4.69) is 4.98 Å². The van der Waals surface area contributed by atoms with Crippen molar-refractivity contribution in [2.45, 2.75) is 12.8 Å². The van der Waals surface area contributed by atoms with E-state index in [4.69, 9.17) is 11.6 Å². The third kappa shape index (κ3) is 2.57. The lowest BCUT2D eigenvalue weighted by Crippen LogP contribution is -2.10. The van der Waals surface area contributed by atoms with E-state index in [1.165, 1.54) is 18.2 Å². The van der Waals surface area contributed by atoms with Gasteiger partial charge in [0.15, 0.2) is 5.78 Å². The summed E-state index contributed by atoms with van der Waals surface area (Å²) >= 11 is 5.59. The molecule has 0 bridgehead atoms. The van der Waals surface area contributed by atoms with Crippen molar-refractivity contribution in [3.63, 3.8) is 0 Å². The maximum atomic E-state index is 13.3. The topological polar surface area (TPSA) is 30.0 Å². The van der Waals surface area contributed by atoms with E-state index in [1.807, 2.05) is 0 Å². The summed E-state index contributed by atoms with van der Waals surface area (Å²) in [7, 11) is 0. The van der Waals surface area contributed by atoms with Gasteiger partial charge in [-0.2, -0.15) is 0 Å². The van der Waals surface area contributed by atoms with Crippen molar-refractivity contribution in [3.05, 3.63) is 64.7 Å². The molecular weight excluding hydrogens is 253 g/mol. The molecule has 1 aromatic heterocycles. The van der Waals surface area contributed by atoms with Gasteiger partial charge in [-0.1, -0.05) is 18.5 Å². The summed E-state index contributed by atoms with van der Waals surface area (Å²) in [6.45, 7) is 1.78. The summed E-state index contributed by atoms with van der Waals surface area (Å²) in [5.41, 5.74) is 1.17. The lowest BCUT2D eigenvalue weighted by atomic mass is 9.93. The monoisotopic (exact) mass is 263 g/mol. The molecule has 0 saturated heterocycles. The highest BCUT2D eigenvalue weighted by Crippen LogP contribution is 2.22. The van der Waals surface area contributed by atoms with Crippen LogP contribution in [0.5, 0.6) is 0 Å². The van der Waals surface area contributed by atoms with Gasteiger partial charge in [0, 0.05) is 23.9 Å². The van der Waals surface area contributed by atoms with Crippen molar-refractivity contribution in [2.24, 2.45) is 0 Å². The van der Waals surface area contributed by atoms with E-state index in [0.717, 1.165) is 5.56 Å². The molecule has 2 nitrogen and oxygen atoms in total. The standard InChI is InChI=1S/C14H11ClFNO/c1-9(10-4-6-17-7-5-10)14(18)11-2-3-12(15)13(16)8-11/h2-9H,1H3. The molecule has 0 aliphatic heterocycles. The second-order valence-electron chi connectivity index (χ2n) is 4.00. The number of ketones is 1. The van der Waals surface area contributed by atoms with Crippen LogP contribution in [0, 0.1) is 5.82 Å². The maximum Gasteiger partial charge on any atom is 0.170 e. The first-order valence-corrected chi connectivity index (χ1v) is 5.86. The Hall–Kier alpha value is -1.74. The van der Waals surface area contributed by atoms with Gasteiger partial charge in [0.1, 0.15) is 5.82 Å². The fourth-order valence-corrected chi connectivity index (χ4v) is 1.82. The average Bonchev–Trinajstić information content (AvgIpc) is 2.41. The van der Waals surface area contributed by atoms with Gasteiger partial charge in [-0.05, 0) is 35.9 Å². The highest BCUT2D eigenvalue weighted by molar-refractivity contribution is 6.30. The summed E-state index contributed by atoms with van der Waals surface area (Å²) in [5, 5.41) is 0.0168. The van der Waals surface area contributed by atoms with Gasteiger partial charge < -0.3 is 0 Å². The molecule has 2 aromatic rings. The highest BCUT2D eigenvalue weighted by atomic mass is 35.5. The number of rotatable bonds is 3. The average molecular weight is 264 g/mol. The predicted octanol–water partition coefficient (Wildman–Crippen LogP) is 3.86. The van der Waals surface area contributed by atoms with Gasteiger partial charge in [0.25, 0.3) is 0 Å². The summed E-state index contributed by atoms with van der Waals surface area (Å²) in [5.74, 6) is -1.06. The third-order valence-electron chi connectivity index (χ3n) is 2.80. The van der Waals surface area contributed by atoms with Crippen LogP contribution in [0.4, 0.5) is 4.39 Å². The van der Waals surface area contributed by atoms with Crippen molar-refractivity contribution in [3.8, 4) is 0 Å².